The van der Waals surface area contributed by atoms with Gasteiger partial charge in [-0.15, -0.1) is 0 Å². The summed E-state index contributed by atoms with van der Waals surface area (Å²) >= 11 is 5.99. The number of pyridine rings is 1. The Kier molecular flexibility index (Phi) is 3.55. The number of ketones is 1. The molecule has 0 saturated carbocycles. The van der Waals surface area contributed by atoms with E-state index in [4.69, 9.17) is 11.6 Å². The minimum Gasteiger partial charge on any atom is -0.294 e. The lowest BCUT2D eigenvalue weighted by Gasteiger charge is -2.03. The number of halogens is 1. The van der Waals surface area contributed by atoms with Gasteiger partial charge in [-0.1, -0.05) is 29.8 Å². The van der Waals surface area contributed by atoms with Crippen LogP contribution in [0.4, 0.5) is 0 Å². The van der Waals surface area contributed by atoms with Crippen LogP contribution in [0, 0.1) is 6.92 Å². The second-order valence-corrected chi connectivity index (χ2v) is 4.29. The second-order valence-electron chi connectivity index (χ2n) is 3.88. The van der Waals surface area contributed by atoms with Gasteiger partial charge in [0.25, 0.3) is 0 Å². The summed E-state index contributed by atoms with van der Waals surface area (Å²) in [6.45, 7) is 1.91. The molecular weight excluding hydrogens is 234 g/mol. The zero-order chi connectivity index (χ0) is 12.3. The highest BCUT2D eigenvalue weighted by molar-refractivity contribution is 6.31. The normalized spacial score (nSPS) is 10.2. The molecule has 1 heterocycles. The molecule has 2 nitrogen and oxygen atoms in total. The quantitative estimate of drug-likeness (QED) is 0.775. The highest BCUT2D eigenvalue weighted by Crippen LogP contribution is 2.17. The molecule has 0 atom stereocenters. The molecular formula is C14H12ClNO. The summed E-state index contributed by atoms with van der Waals surface area (Å²) in [7, 11) is 0. The van der Waals surface area contributed by atoms with Crippen molar-refractivity contribution >= 4 is 17.4 Å². The number of carbonyl (C=O) groups excluding carboxylic acids is 1. The topological polar surface area (TPSA) is 30.0 Å². The third-order valence-electron chi connectivity index (χ3n) is 2.56. The largest absolute Gasteiger partial charge is 0.294 e. The molecule has 0 N–H and O–H groups in total. The number of Topliss-reactive ketones (excluding diaryl/α,β-unsaturated/α-hetero) is 1. The first-order chi connectivity index (χ1) is 8.16. The molecule has 0 fully saturated rings. The molecule has 1 aromatic carbocycles. The second kappa shape index (κ2) is 5.11. The third-order valence-corrected chi connectivity index (χ3v) is 2.97. The molecule has 2 aromatic rings. The number of aryl methyl sites for hydroxylation is 1. The monoisotopic (exact) mass is 245 g/mol. The number of hydrogen-bond donors (Lipinski definition) is 0. The predicted molar refractivity (Wildman–Crippen MR) is 68.5 cm³/mol. The van der Waals surface area contributed by atoms with Crippen LogP contribution in [0.3, 0.4) is 0 Å². The van der Waals surface area contributed by atoms with E-state index < -0.39 is 0 Å². The summed E-state index contributed by atoms with van der Waals surface area (Å²) < 4.78 is 0. The summed E-state index contributed by atoms with van der Waals surface area (Å²) in [5.74, 6) is 0.0330. The highest BCUT2D eigenvalue weighted by atomic mass is 35.5. The van der Waals surface area contributed by atoms with Crippen LogP contribution in [0.25, 0.3) is 0 Å². The van der Waals surface area contributed by atoms with Crippen molar-refractivity contribution in [2.75, 3.05) is 0 Å². The molecule has 3 heteroatoms. The maximum absolute atomic E-state index is 12.0. The van der Waals surface area contributed by atoms with Crippen molar-refractivity contribution in [3.05, 3.63) is 64.4 Å². The average molecular weight is 246 g/mol. The van der Waals surface area contributed by atoms with E-state index in [0.717, 1.165) is 11.3 Å². The molecule has 0 aliphatic carbocycles. The zero-order valence-corrected chi connectivity index (χ0v) is 10.2. The summed E-state index contributed by atoms with van der Waals surface area (Å²) in [5, 5.41) is 0.622. The molecule has 0 aliphatic rings. The van der Waals surface area contributed by atoms with E-state index in [0.29, 0.717) is 17.0 Å². The number of nitrogens with zero attached hydrogens (tertiary/aromatic N) is 1. The molecule has 0 saturated heterocycles. The molecule has 0 bridgehead atoms. The molecule has 0 unspecified atom stereocenters. The lowest BCUT2D eigenvalue weighted by molar-refractivity contribution is 0.0992. The first-order valence-corrected chi connectivity index (χ1v) is 5.74. The Morgan fingerprint density at radius 1 is 1.29 bits per heavy atom. The van der Waals surface area contributed by atoms with Gasteiger partial charge in [0.05, 0.1) is 6.42 Å². The number of benzene rings is 1. The van der Waals surface area contributed by atoms with Crippen LogP contribution in [-0.4, -0.2) is 10.8 Å². The highest BCUT2D eigenvalue weighted by Gasteiger charge is 2.08. The smallest absolute Gasteiger partial charge is 0.168 e. The molecule has 0 spiro atoms. The molecule has 0 amide bonds. The Morgan fingerprint density at radius 2 is 2.12 bits per heavy atom. The van der Waals surface area contributed by atoms with Crippen LogP contribution < -0.4 is 0 Å². The minimum atomic E-state index is 0.0330. The number of carbonyl (C=O) groups is 1. The summed E-state index contributed by atoms with van der Waals surface area (Å²) in [6, 6.07) is 10.9. The fourth-order valence-corrected chi connectivity index (χ4v) is 1.72. The van der Waals surface area contributed by atoms with E-state index in [1.165, 1.54) is 0 Å². The van der Waals surface area contributed by atoms with Crippen molar-refractivity contribution in [2.24, 2.45) is 0 Å². The molecule has 86 valence electrons. The van der Waals surface area contributed by atoms with E-state index in [9.17, 15) is 4.79 Å². The summed E-state index contributed by atoms with van der Waals surface area (Å²) in [5.41, 5.74) is 2.38. The first kappa shape index (κ1) is 11.8. The van der Waals surface area contributed by atoms with E-state index >= 15 is 0 Å². The van der Waals surface area contributed by atoms with Crippen LogP contribution in [0.5, 0.6) is 0 Å². The van der Waals surface area contributed by atoms with Crippen molar-refractivity contribution in [3.8, 4) is 0 Å². The Balaban J connectivity index is 2.18. The van der Waals surface area contributed by atoms with Crippen molar-refractivity contribution in [2.45, 2.75) is 13.3 Å². The van der Waals surface area contributed by atoms with Gasteiger partial charge in [-0.2, -0.15) is 0 Å². The minimum absolute atomic E-state index is 0.0330. The first-order valence-electron chi connectivity index (χ1n) is 5.36. The van der Waals surface area contributed by atoms with Crippen molar-refractivity contribution < 1.29 is 4.79 Å². The lowest BCUT2D eigenvalue weighted by Crippen LogP contribution is -2.04. The van der Waals surface area contributed by atoms with E-state index in [2.05, 4.69) is 4.98 Å². The van der Waals surface area contributed by atoms with Crippen molar-refractivity contribution in [1.29, 1.82) is 0 Å². The van der Waals surface area contributed by atoms with Gasteiger partial charge in [0.1, 0.15) is 0 Å². The van der Waals surface area contributed by atoms with Gasteiger partial charge in [0.15, 0.2) is 5.78 Å². The van der Waals surface area contributed by atoms with Gasteiger partial charge < -0.3 is 0 Å². The Hall–Kier alpha value is -1.67. The maximum Gasteiger partial charge on any atom is 0.168 e. The third kappa shape index (κ3) is 2.92. The lowest BCUT2D eigenvalue weighted by atomic mass is 10.0. The standard InChI is InChI=1S/C14H12ClNO/c1-10-5-6-11(8-13(10)15)14(17)9-12-4-2-3-7-16-12/h2-8H,9H2,1H3. The molecule has 1 aromatic heterocycles. The molecule has 0 aliphatic heterocycles. The fourth-order valence-electron chi connectivity index (χ4n) is 1.54. The van der Waals surface area contributed by atoms with Gasteiger partial charge in [-0.05, 0) is 30.7 Å². The van der Waals surface area contributed by atoms with Crippen LogP contribution in [-0.2, 0) is 6.42 Å². The average Bonchev–Trinajstić information content (AvgIpc) is 2.34. The summed E-state index contributed by atoms with van der Waals surface area (Å²) in [4.78, 5) is 16.1. The Morgan fingerprint density at radius 3 is 2.76 bits per heavy atom. The van der Waals surface area contributed by atoms with Crippen LogP contribution in [0.1, 0.15) is 21.6 Å². The van der Waals surface area contributed by atoms with Crippen molar-refractivity contribution in [3.63, 3.8) is 0 Å². The van der Waals surface area contributed by atoms with Crippen LogP contribution >= 0.6 is 11.6 Å². The molecule has 17 heavy (non-hydrogen) atoms. The van der Waals surface area contributed by atoms with Gasteiger partial charge in [-0.3, -0.25) is 9.78 Å². The summed E-state index contributed by atoms with van der Waals surface area (Å²) in [6.07, 6.45) is 1.99. The van der Waals surface area contributed by atoms with Gasteiger partial charge >= 0.3 is 0 Å². The number of hydrogen-bond acceptors (Lipinski definition) is 2. The Labute approximate surface area is 105 Å². The van der Waals surface area contributed by atoms with E-state index in [-0.39, 0.29) is 5.78 Å². The van der Waals surface area contributed by atoms with Crippen molar-refractivity contribution in [1.82, 2.24) is 4.98 Å². The van der Waals surface area contributed by atoms with E-state index in [1.54, 1.807) is 18.3 Å². The van der Waals surface area contributed by atoms with Crippen LogP contribution in [0.2, 0.25) is 5.02 Å². The predicted octanol–water partition coefficient (Wildman–Crippen LogP) is 3.47. The number of rotatable bonds is 3. The number of aromatic nitrogens is 1. The Bertz CT molecular complexity index is 537. The molecule has 0 radical (unpaired) electrons. The zero-order valence-electron chi connectivity index (χ0n) is 9.48. The maximum atomic E-state index is 12.0. The molecule has 2 rings (SSSR count). The van der Waals surface area contributed by atoms with Gasteiger partial charge in [0, 0.05) is 22.5 Å². The van der Waals surface area contributed by atoms with Crippen LogP contribution in [0.15, 0.2) is 42.6 Å². The SMILES string of the molecule is Cc1ccc(C(=O)Cc2ccccn2)cc1Cl. The van der Waals surface area contributed by atoms with Gasteiger partial charge in [-0.25, -0.2) is 0 Å². The fraction of sp³-hybridized carbons (Fsp3) is 0.143. The van der Waals surface area contributed by atoms with Gasteiger partial charge in [0.2, 0.25) is 0 Å². The van der Waals surface area contributed by atoms with E-state index in [1.807, 2.05) is 31.2 Å².